The molecule has 0 aliphatic heterocycles. The largest absolute Gasteiger partial charge is 0.365 e. The van der Waals surface area contributed by atoms with Crippen LogP contribution >= 0.6 is 11.3 Å². The molecule has 0 aliphatic rings. The number of nitrogens with two attached hydrogens (primary N) is 1. The van der Waals surface area contributed by atoms with E-state index in [0.717, 1.165) is 16.9 Å². The summed E-state index contributed by atoms with van der Waals surface area (Å²) in [6.07, 6.45) is 1.54. The predicted octanol–water partition coefficient (Wildman–Crippen LogP) is 1.10. The number of carbonyl (C=O) groups is 1. The van der Waals surface area contributed by atoms with E-state index in [1.165, 1.54) is 28.8 Å². The first-order chi connectivity index (χ1) is 13.8. The molecule has 1 heterocycles. The Labute approximate surface area is 168 Å². The zero-order valence-electron chi connectivity index (χ0n) is 15.2. The van der Waals surface area contributed by atoms with Crippen LogP contribution in [0.25, 0.3) is 17.3 Å². The summed E-state index contributed by atoms with van der Waals surface area (Å²) in [4.78, 5) is 35.1. The highest BCUT2D eigenvalue weighted by molar-refractivity contribution is 7.07. The maximum Gasteiger partial charge on any atom is 0.273 e. The fourth-order valence-corrected chi connectivity index (χ4v) is 3.74. The number of nitro groups is 1. The van der Waals surface area contributed by atoms with Gasteiger partial charge in [0.15, 0.2) is 5.57 Å². The molecule has 3 rings (SSSR count). The second kappa shape index (κ2) is 7.92. The third kappa shape index (κ3) is 3.97. The summed E-state index contributed by atoms with van der Waals surface area (Å²) in [5, 5.41) is 20.2. The first-order valence-electron chi connectivity index (χ1n) is 8.31. The van der Waals surface area contributed by atoms with Crippen LogP contribution in [-0.4, -0.2) is 15.4 Å². The number of nitro benzene ring substituents is 1. The molecule has 0 spiro atoms. The summed E-state index contributed by atoms with van der Waals surface area (Å²) >= 11 is 0.952. The molecule has 1 amide bonds. The van der Waals surface area contributed by atoms with E-state index < -0.39 is 16.4 Å². The van der Waals surface area contributed by atoms with Crippen LogP contribution in [0.1, 0.15) is 11.1 Å². The van der Waals surface area contributed by atoms with Gasteiger partial charge in [-0.3, -0.25) is 24.3 Å². The van der Waals surface area contributed by atoms with Gasteiger partial charge in [-0.25, -0.2) is 0 Å². The van der Waals surface area contributed by atoms with Crippen LogP contribution in [0.5, 0.6) is 0 Å². The van der Waals surface area contributed by atoms with Crippen molar-refractivity contribution in [1.82, 2.24) is 4.57 Å². The number of aromatic nitrogens is 1. The zero-order chi connectivity index (χ0) is 21.1. The number of nitriles is 1. The van der Waals surface area contributed by atoms with Gasteiger partial charge in [-0.15, -0.1) is 11.3 Å². The summed E-state index contributed by atoms with van der Waals surface area (Å²) in [6, 6.07) is 14.5. The van der Waals surface area contributed by atoms with Crippen molar-refractivity contribution in [3.63, 3.8) is 0 Å². The third-order valence-corrected chi connectivity index (χ3v) is 5.18. The molecule has 2 N–H and O–H groups in total. The number of hydrogen-bond donors (Lipinski definition) is 1. The molecule has 0 bridgehead atoms. The lowest BCUT2D eigenvalue weighted by molar-refractivity contribution is -0.384. The van der Waals surface area contributed by atoms with E-state index in [4.69, 9.17) is 5.73 Å². The number of aryl methyl sites for hydroxylation is 1. The lowest BCUT2D eigenvalue weighted by Gasteiger charge is -2.03. The Kier molecular flexibility index (Phi) is 5.38. The van der Waals surface area contributed by atoms with E-state index >= 15 is 0 Å². The van der Waals surface area contributed by atoms with Crippen LogP contribution < -0.4 is 20.5 Å². The molecule has 0 unspecified atom stereocenters. The number of thiazole rings is 1. The van der Waals surface area contributed by atoms with Crippen LogP contribution in [-0.2, 0) is 4.79 Å². The number of primary amides is 1. The van der Waals surface area contributed by atoms with Crippen molar-refractivity contribution in [2.45, 2.75) is 6.92 Å². The lowest BCUT2D eigenvalue weighted by Crippen LogP contribution is -2.32. The van der Waals surface area contributed by atoms with Gasteiger partial charge in [0.1, 0.15) is 10.7 Å². The van der Waals surface area contributed by atoms with E-state index in [-0.39, 0.29) is 20.5 Å². The molecule has 0 atom stereocenters. The highest BCUT2D eigenvalue weighted by atomic mass is 32.1. The average Bonchev–Trinajstić information content (AvgIpc) is 2.99. The van der Waals surface area contributed by atoms with Gasteiger partial charge < -0.3 is 5.73 Å². The first-order valence-corrected chi connectivity index (χ1v) is 9.12. The molecule has 2 aromatic carbocycles. The van der Waals surface area contributed by atoms with Crippen molar-refractivity contribution in [1.29, 1.82) is 5.26 Å². The van der Waals surface area contributed by atoms with Gasteiger partial charge in [0.2, 0.25) is 0 Å². The van der Waals surface area contributed by atoms with Gasteiger partial charge in [0.05, 0.1) is 15.1 Å². The molecule has 29 heavy (non-hydrogen) atoms. The van der Waals surface area contributed by atoms with Crippen molar-refractivity contribution in [3.8, 4) is 11.8 Å². The standard InChI is InChI=1S/C20H14N4O4S/c1-12-2-6-14(7-3-12)23-19(26)17(29-20(23)16(11-21)18(22)25)10-13-4-8-15(9-5-13)24(27)28/h2-10H,1H3,(H2,22,25)/b17-10-,20-16-. The number of benzene rings is 2. The monoisotopic (exact) mass is 406 g/mol. The fourth-order valence-electron chi connectivity index (χ4n) is 2.63. The minimum atomic E-state index is -0.934. The Morgan fingerprint density at radius 2 is 1.83 bits per heavy atom. The van der Waals surface area contributed by atoms with E-state index in [9.17, 15) is 25.0 Å². The summed E-state index contributed by atoms with van der Waals surface area (Å²) < 4.78 is 1.65. The average molecular weight is 406 g/mol. The molecule has 8 nitrogen and oxygen atoms in total. The quantitative estimate of drug-likeness (QED) is 0.512. The number of amides is 1. The Bertz CT molecular complexity index is 1330. The van der Waals surface area contributed by atoms with Gasteiger partial charge in [0, 0.05) is 12.1 Å². The molecule has 0 saturated carbocycles. The molecule has 0 aliphatic carbocycles. The Hall–Kier alpha value is -4.03. The molecule has 0 fully saturated rings. The molecular weight excluding hydrogens is 392 g/mol. The Morgan fingerprint density at radius 3 is 2.34 bits per heavy atom. The van der Waals surface area contributed by atoms with Crippen molar-refractivity contribution < 1.29 is 9.72 Å². The maximum atomic E-state index is 13.1. The van der Waals surface area contributed by atoms with Crippen LogP contribution in [0.15, 0.2) is 53.3 Å². The van der Waals surface area contributed by atoms with Gasteiger partial charge in [-0.1, -0.05) is 17.7 Å². The number of rotatable bonds is 4. The van der Waals surface area contributed by atoms with Gasteiger partial charge in [0.25, 0.3) is 17.2 Å². The van der Waals surface area contributed by atoms with E-state index in [2.05, 4.69) is 0 Å². The Balaban J connectivity index is 2.32. The lowest BCUT2D eigenvalue weighted by atomic mass is 10.2. The topological polar surface area (TPSA) is 132 Å². The van der Waals surface area contributed by atoms with Gasteiger partial charge >= 0.3 is 0 Å². The molecule has 0 saturated heterocycles. The fraction of sp³-hybridized carbons (Fsp3) is 0.0500. The summed E-state index contributed by atoms with van der Waals surface area (Å²) in [7, 11) is 0. The molecule has 3 aromatic rings. The SMILES string of the molecule is Cc1ccc(-n2c(=O)/c(=C/c3ccc([N+](=O)[O-])cc3)s/c2=C(/C#N)C(N)=O)cc1. The summed E-state index contributed by atoms with van der Waals surface area (Å²) in [5.74, 6) is -0.934. The number of carbonyl (C=O) groups excluding carboxylic acids is 1. The zero-order valence-corrected chi connectivity index (χ0v) is 16.0. The molecule has 144 valence electrons. The van der Waals surface area contributed by atoms with Crippen molar-refractivity contribution >= 4 is 34.6 Å². The minimum absolute atomic E-state index is 0.0695. The third-order valence-electron chi connectivity index (χ3n) is 4.09. The Morgan fingerprint density at radius 1 is 1.21 bits per heavy atom. The van der Waals surface area contributed by atoms with Crippen molar-refractivity contribution in [3.05, 3.63) is 89.3 Å². The summed E-state index contributed by atoms with van der Waals surface area (Å²) in [6.45, 7) is 1.89. The summed E-state index contributed by atoms with van der Waals surface area (Å²) in [5.41, 5.74) is 6.54. The second-order valence-corrected chi connectivity index (χ2v) is 7.12. The first kappa shape index (κ1) is 19.7. The van der Waals surface area contributed by atoms with E-state index in [1.807, 2.05) is 6.92 Å². The highest BCUT2D eigenvalue weighted by Gasteiger charge is 2.14. The number of hydrogen-bond acceptors (Lipinski definition) is 6. The van der Waals surface area contributed by atoms with Crippen molar-refractivity contribution in [2.75, 3.05) is 0 Å². The van der Waals surface area contributed by atoms with Crippen LogP contribution in [0, 0.1) is 28.4 Å². The van der Waals surface area contributed by atoms with Gasteiger partial charge in [-0.05, 0) is 42.8 Å². The van der Waals surface area contributed by atoms with Crippen molar-refractivity contribution in [2.24, 2.45) is 5.73 Å². The van der Waals surface area contributed by atoms with Crippen LogP contribution in [0.4, 0.5) is 5.69 Å². The van der Waals surface area contributed by atoms with Crippen LogP contribution in [0.2, 0.25) is 0 Å². The van der Waals surface area contributed by atoms with E-state index in [0.29, 0.717) is 11.3 Å². The number of non-ortho nitro benzene ring substituents is 1. The van der Waals surface area contributed by atoms with Crippen LogP contribution in [0.3, 0.4) is 0 Å². The smallest absolute Gasteiger partial charge is 0.273 e. The highest BCUT2D eigenvalue weighted by Crippen LogP contribution is 2.12. The maximum absolute atomic E-state index is 13.1. The van der Waals surface area contributed by atoms with E-state index in [1.54, 1.807) is 36.4 Å². The molecular formula is C20H14N4O4S. The molecule has 1 aromatic heterocycles. The molecule has 0 radical (unpaired) electrons. The second-order valence-electron chi connectivity index (χ2n) is 6.09. The minimum Gasteiger partial charge on any atom is -0.365 e. The number of nitrogens with zero attached hydrogens (tertiary/aromatic N) is 3. The van der Waals surface area contributed by atoms with Gasteiger partial charge in [-0.2, -0.15) is 5.26 Å². The normalized spacial score (nSPS) is 12.3. The molecule has 9 heteroatoms. The predicted molar refractivity (Wildman–Crippen MR) is 109 cm³/mol.